The zero-order chi connectivity index (χ0) is 94.4. The Morgan fingerprint density at radius 1 is 0.388 bits per heavy atom. The quantitative estimate of drug-likeness (QED) is 0.0735. The third-order valence-corrected chi connectivity index (χ3v) is 41.3. The summed E-state index contributed by atoms with van der Waals surface area (Å²) >= 11 is 0. The zero-order valence-corrected chi connectivity index (χ0v) is 84.5. The van der Waals surface area contributed by atoms with Gasteiger partial charge in [-0.1, -0.05) is 137 Å². The summed E-state index contributed by atoms with van der Waals surface area (Å²) in [6, 6.07) is 49.8. The number of hydrogen-bond donors (Lipinski definition) is 5. The Labute approximate surface area is 826 Å². The second-order valence-electron chi connectivity index (χ2n) is 50.3. The van der Waals surface area contributed by atoms with Crippen LogP contribution >= 0.6 is 0 Å². The van der Waals surface area contributed by atoms with E-state index in [1.807, 2.05) is 6.20 Å². The van der Waals surface area contributed by atoms with E-state index in [9.17, 15) is 14.4 Å². The van der Waals surface area contributed by atoms with Crippen molar-refractivity contribution in [2.45, 2.75) is 375 Å². The highest BCUT2D eigenvalue weighted by molar-refractivity contribution is 5.81. The Bertz CT molecular complexity index is 5750. The van der Waals surface area contributed by atoms with Crippen LogP contribution in [0.4, 0.5) is 0 Å². The minimum absolute atomic E-state index is 0.0660. The van der Waals surface area contributed by atoms with Gasteiger partial charge >= 0.3 is 0 Å². The molecule has 5 aliphatic heterocycles. The highest BCUT2D eigenvalue weighted by Gasteiger charge is 2.58. The molecular formula is C123H156N8O8. The van der Waals surface area contributed by atoms with Crippen molar-refractivity contribution in [1.29, 1.82) is 0 Å². The molecule has 9 aromatic rings. The average molecular weight is 1870 g/mol. The SMILES string of the molecule is CC(C(=O)NC12CC3CC(CC(C3)C1)C2)C1CCC2(CC1)OCc1ccccc12.Cc1ccc2nc(C(C)C3CCC4(CC3)COc3ccccc34)[nH]c2c1.Cc1cccc2c1C1(CCC(C(C)C(=O)NC34CC5CC(CC(C5)C3)C4)CC1)OC2.Cc1cnc2nc(C(C)C3CCC4(CC3)COc3ccccc34)[nH]c2c1.O=C(CC1CCC2(CC1)OCc1ccccc12)NC12CC3CC(CC(C3)C1)C2. The maximum absolute atomic E-state index is 13.3. The van der Waals surface area contributed by atoms with Crippen molar-refractivity contribution in [2.24, 2.45) is 94.7 Å². The lowest BCUT2D eigenvalue weighted by Crippen LogP contribution is -2.61. The Hall–Kier alpha value is -8.70. The number of aromatic nitrogens is 5. The first-order chi connectivity index (χ1) is 67.4. The van der Waals surface area contributed by atoms with E-state index in [-0.39, 0.29) is 56.1 Å². The first-order valence-electron chi connectivity index (χ1n) is 55.8. The molecule has 12 bridgehead atoms. The molecule has 3 aromatic heterocycles. The number of fused-ring (bicyclic) bond motifs is 12. The van der Waals surface area contributed by atoms with Crippen LogP contribution in [0.5, 0.6) is 11.5 Å². The summed E-state index contributed by atoms with van der Waals surface area (Å²) in [6.07, 6.45) is 49.5. The lowest BCUT2D eigenvalue weighted by atomic mass is 9.53. The molecule has 0 saturated heterocycles. The summed E-state index contributed by atoms with van der Waals surface area (Å²) < 4.78 is 31.0. The number of pyridine rings is 1. The summed E-state index contributed by atoms with van der Waals surface area (Å²) in [5.41, 5.74) is 19.9. The summed E-state index contributed by atoms with van der Waals surface area (Å²) in [7, 11) is 0. The maximum Gasteiger partial charge on any atom is 0.223 e. The van der Waals surface area contributed by atoms with Gasteiger partial charge in [0.05, 0.1) is 66.4 Å². The number of hydrogen-bond acceptors (Lipinski definition) is 11. The number of nitrogens with zero attached hydrogens (tertiary/aromatic N) is 3. The van der Waals surface area contributed by atoms with Crippen LogP contribution in [0.15, 0.2) is 146 Å². The summed E-state index contributed by atoms with van der Waals surface area (Å²) in [5.74, 6) is 17.4. The molecule has 6 aromatic carbocycles. The van der Waals surface area contributed by atoms with Gasteiger partial charge < -0.3 is 49.6 Å². The van der Waals surface area contributed by atoms with Crippen molar-refractivity contribution in [1.82, 2.24) is 40.9 Å². The van der Waals surface area contributed by atoms with Crippen LogP contribution in [0.3, 0.4) is 0 Å². The Kier molecular flexibility index (Phi) is 24.6. The number of carbonyl (C=O) groups excluding carboxylic acids is 3. The van der Waals surface area contributed by atoms with Crippen LogP contribution in [-0.2, 0) is 76.0 Å². The molecule has 31 rings (SSSR count). The Morgan fingerprint density at radius 2 is 0.770 bits per heavy atom. The number of rotatable bonds is 13. The molecule has 736 valence electrons. The molecule has 0 radical (unpaired) electrons. The molecule has 16 nitrogen and oxygen atoms in total. The van der Waals surface area contributed by atoms with Crippen LogP contribution in [0.25, 0.3) is 22.2 Å². The lowest BCUT2D eigenvalue weighted by Gasteiger charge is -2.57. The molecule has 4 unspecified atom stereocenters. The van der Waals surface area contributed by atoms with E-state index in [1.54, 1.807) is 0 Å². The molecule has 4 atom stereocenters. The fourth-order valence-electron chi connectivity index (χ4n) is 34.8. The number of ether oxygens (including phenoxy) is 5. The Morgan fingerprint density at radius 3 is 1.24 bits per heavy atom. The number of carbonyl (C=O) groups is 3. The number of H-pyrrole nitrogens is 2. The molecule has 17 fully saturated rings. The van der Waals surface area contributed by atoms with Crippen LogP contribution in [0.1, 0.15) is 363 Å². The second kappa shape index (κ2) is 36.9. The highest BCUT2D eigenvalue weighted by Crippen LogP contribution is 2.62. The highest BCUT2D eigenvalue weighted by atomic mass is 16.5. The van der Waals surface area contributed by atoms with Crippen LogP contribution in [0.2, 0.25) is 0 Å². The molecule has 139 heavy (non-hydrogen) atoms. The van der Waals surface area contributed by atoms with E-state index >= 15 is 0 Å². The van der Waals surface area contributed by atoms with E-state index in [0.717, 1.165) is 215 Å². The topological polar surface area (TPSA) is 204 Å². The van der Waals surface area contributed by atoms with Crippen molar-refractivity contribution in [3.63, 3.8) is 0 Å². The summed E-state index contributed by atoms with van der Waals surface area (Å²) in [5, 5.41) is 10.8. The van der Waals surface area contributed by atoms with Crippen LogP contribution < -0.4 is 25.4 Å². The normalized spacial score (nSPS) is 36.6. The van der Waals surface area contributed by atoms with Crippen molar-refractivity contribution in [3.8, 4) is 11.5 Å². The van der Waals surface area contributed by atoms with Gasteiger partial charge in [-0.05, 0) is 428 Å². The smallest absolute Gasteiger partial charge is 0.223 e. The fraction of sp³-hybridized carbons (Fsp3) is 0.626. The van der Waals surface area contributed by atoms with E-state index in [4.69, 9.17) is 33.7 Å². The molecular weight excluding hydrogens is 1720 g/mol. The van der Waals surface area contributed by atoms with Gasteiger partial charge in [0.2, 0.25) is 17.7 Å². The van der Waals surface area contributed by atoms with E-state index in [0.29, 0.717) is 59.1 Å². The molecule has 16 heteroatoms. The van der Waals surface area contributed by atoms with Gasteiger partial charge in [0.15, 0.2) is 5.65 Å². The van der Waals surface area contributed by atoms with Crippen molar-refractivity contribution < 1.29 is 38.1 Å². The first kappa shape index (κ1) is 92.7. The molecule has 5 spiro atoms. The van der Waals surface area contributed by atoms with Gasteiger partial charge in [-0.3, -0.25) is 14.4 Å². The predicted octanol–water partition coefficient (Wildman–Crippen LogP) is 26.4. The number of para-hydroxylation sites is 2. The zero-order valence-electron chi connectivity index (χ0n) is 84.5. The molecule has 17 saturated carbocycles. The van der Waals surface area contributed by atoms with Crippen molar-refractivity contribution >= 4 is 39.9 Å². The standard InChI is InChI=1S/C27H37NO2.C26H35NO2.C25H33NO2.C23H26N2O.C22H25N3O/c1-17-4-3-5-23-16-30-27(24(17)23)8-6-22(7-9-27)18(2)25(29)28-26-13-19-10-20(14-26)12-21(11-19)15-26;1-17(24(28)27-25-13-18-10-19(14-25)12-20(11-18)15-25)21-6-8-26(9-7-21)23-5-3-2-4-22(23)16-29-26;27-23(26-24-13-18-9-19(14-24)11-20(10-18)15-24)12-17-5-7-25(8-6-17)22-4-2-1-3-21(22)16-28-25;1-15-7-8-19-20(13-15)25-22(24-19)16(2)17-9-11-23(12-10-17)14-26-21-6-4-3-5-18(21)23;1-14-11-18-21(23-12-14)25-20(24-18)15(2)16-7-9-22(10-8-16)13-26-19-6-4-3-5-17(19)22/h3-5,18-22H,6-16H2,1-2H3,(H,28,29);2-5,17-21H,6-16H2,1H3,(H,27,28);1-4,17-20H,5-16H2,(H,26,27);3-8,13,16-17H,9-12,14H2,1-2H3,(H,24,25);3-6,11-12,15-16H,7-10,13H2,1-2H3,(H,23,24,25). The van der Waals surface area contributed by atoms with Gasteiger partial charge in [-0.25, -0.2) is 15.0 Å². The van der Waals surface area contributed by atoms with E-state index in [2.05, 4.69) is 219 Å². The predicted molar refractivity (Wildman–Crippen MR) is 547 cm³/mol. The largest absolute Gasteiger partial charge is 0.492 e. The van der Waals surface area contributed by atoms with Crippen LogP contribution in [-0.4, -0.2) is 72.5 Å². The van der Waals surface area contributed by atoms with Crippen molar-refractivity contribution in [2.75, 3.05) is 13.2 Å². The second-order valence-corrected chi connectivity index (χ2v) is 50.3. The van der Waals surface area contributed by atoms with Gasteiger partial charge in [0.25, 0.3) is 0 Å². The Balaban J connectivity index is 0.0000000945. The minimum Gasteiger partial charge on any atom is -0.492 e. The minimum atomic E-state index is -0.0900. The number of imidazole rings is 2. The third-order valence-electron chi connectivity index (χ3n) is 41.3. The molecule has 22 aliphatic rings. The third kappa shape index (κ3) is 17.8. The summed E-state index contributed by atoms with van der Waals surface area (Å²) in [4.78, 5) is 60.8. The molecule has 8 heterocycles. The first-order valence-corrected chi connectivity index (χ1v) is 55.8. The molecule has 17 aliphatic carbocycles. The van der Waals surface area contributed by atoms with Gasteiger partial charge in [-0.15, -0.1) is 0 Å². The van der Waals surface area contributed by atoms with E-state index < -0.39 is 0 Å². The van der Waals surface area contributed by atoms with Gasteiger partial charge in [0.1, 0.15) is 23.1 Å². The van der Waals surface area contributed by atoms with E-state index in [1.165, 1.54) is 228 Å². The monoisotopic (exact) mass is 1870 g/mol. The number of nitrogens with one attached hydrogen (secondary N) is 5. The fourth-order valence-corrected chi connectivity index (χ4v) is 34.8. The van der Waals surface area contributed by atoms with Gasteiger partial charge in [-0.2, -0.15) is 0 Å². The summed E-state index contributed by atoms with van der Waals surface area (Å²) in [6.45, 7) is 19.4. The molecule has 3 amide bonds. The number of benzene rings is 6. The number of aryl methyl sites for hydroxylation is 3. The van der Waals surface area contributed by atoms with Gasteiger partial charge in [0, 0.05) is 74.9 Å². The molecule has 5 N–H and O–H groups in total. The van der Waals surface area contributed by atoms with Crippen LogP contribution in [0, 0.1) is 115 Å². The number of amides is 3. The van der Waals surface area contributed by atoms with Crippen molar-refractivity contribution in [3.05, 3.63) is 219 Å². The maximum atomic E-state index is 13.3. The number of aromatic amines is 2. The average Bonchev–Trinajstić information content (AvgIpc) is 1.72. The lowest BCUT2D eigenvalue weighted by molar-refractivity contribution is -0.135.